The summed E-state index contributed by atoms with van der Waals surface area (Å²) in [6.45, 7) is 7.35. The van der Waals surface area contributed by atoms with Gasteiger partial charge in [-0.2, -0.15) is 0 Å². The zero-order valence-corrected chi connectivity index (χ0v) is 16.1. The molecule has 1 heterocycles. The van der Waals surface area contributed by atoms with Crippen LogP contribution in [0, 0.1) is 12.8 Å². The lowest BCUT2D eigenvalue weighted by atomic mass is 10.0. The number of carbonyl (C=O) groups is 2. The summed E-state index contributed by atoms with van der Waals surface area (Å²) in [6, 6.07) is 7.52. The molecule has 6 nitrogen and oxygen atoms in total. The molecule has 1 amide bonds. The summed E-state index contributed by atoms with van der Waals surface area (Å²) in [7, 11) is 1.88. The maximum Gasteiger partial charge on any atom is 0.231 e. The van der Waals surface area contributed by atoms with Gasteiger partial charge in [0.05, 0.1) is 11.8 Å². The zero-order valence-electron chi connectivity index (χ0n) is 15.2. The van der Waals surface area contributed by atoms with Crippen molar-refractivity contribution in [3.63, 3.8) is 0 Å². The van der Waals surface area contributed by atoms with Crippen LogP contribution in [0.1, 0.15) is 26.3 Å². The van der Waals surface area contributed by atoms with Gasteiger partial charge in [0, 0.05) is 12.6 Å². The Bertz CT molecular complexity index is 770. The summed E-state index contributed by atoms with van der Waals surface area (Å²) in [5.41, 5.74) is 2.14. The highest BCUT2D eigenvalue weighted by molar-refractivity contribution is 7.99. The standard InChI is InChI=1S/C18H24N4O2S/c1-11(2)16(13(4)23)19-15(24)10-25-18-21-20-17(22(18)5)14-9-7-6-8-12(14)3/h6-9,11,16H,10H2,1-5H3,(H,19,24). The number of hydrogen-bond acceptors (Lipinski definition) is 5. The quantitative estimate of drug-likeness (QED) is 0.768. The minimum absolute atomic E-state index is 0.0335. The molecule has 1 unspecified atom stereocenters. The van der Waals surface area contributed by atoms with E-state index >= 15 is 0 Å². The van der Waals surface area contributed by atoms with Gasteiger partial charge in [0.25, 0.3) is 0 Å². The molecular weight excluding hydrogens is 336 g/mol. The molecule has 0 aliphatic rings. The molecule has 25 heavy (non-hydrogen) atoms. The molecule has 1 N–H and O–H groups in total. The number of nitrogens with zero attached hydrogens (tertiary/aromatic N) is 3. The lowest BCUT2D eigenvalue weighted by Gasteiger charge is -2.19. The molecule has 134 valence electrons. The number of rotatable bonds is 7. The molecule has 7 heteroatoms. The molecule has 1 aromatic carbocycles. The van der Waals surface area contributed by atoms with E-state index < -0.39 is 6.04 Å². The number of ketones is 1. The van der Waals surface area contributed by atoms with Crippen molar-refractivity contribution >= 4 is 23.5 Å². The van der Waals surface area contributed by atoms with Crippen molar-refractivity contribution < 1.29 is 9.59 Å². The van der Waals surface area contributed by atoms with Gasteiger partial charge in [-0.15, -0.1) is 10.2 Å². The summed E-state index contributed by atoms with van der Waals surface area (Å²) >= 11 is 1.31. The highest BCUT2D eigenvalue weighted by atomic mass is 32.2. The molecule has 0 fully saturated rings. The van der Waals surface area contributed by atoms with Crippen LogP contribution in [0.3, 0.4) is 0 Å². The molecule has 0 radical (unpaired) electrons. The first-order chi connectivity index (χ1) is 11.8. The van der Waals surface area contributed by atoms with E-state index in [0.29, 0.717) is 5.16 Å². The first-order valence-electron chi connectivity index (χ1n) is 8.19. The Morgan fingerprint density at radius 3 is 2.52 bits per heavy atom. The number of carbonyl (C=O) groups excluding carboxylic acids is 2. The second-order valence-electron chi connectivity index (χ2n) is 6.37. The monoisotopic (exact) mass is 360 g/mol. The summed E-state index contributed by atoms with van der Waals surface area (Å²) < 4.78 is 1.88. The third kappa shape index (κ3) is 4.69. The number of amides is 1. The fourth-order valence-electron chi connectivity index (χ4n) is 2.58. The Labute approximate surface area is 152 Å². The Kier molecular flexibility index (Phi) is 6.36. The van der Waals surface area contributed by atoms with Gasteiger partial charge in [0.1, 0.15) is 0 Å². The minimum atomic E-state index is -0.449. The summed E-state index contributed by atoms with van der Waals surface area (Å²) in [5, 5.41) is 11.9. The number of hydrogen-bond donors (Lipinski definition) is 1. The van der Waals surface area contributed by atoms with Crippen LogP contribution in [0.25, 0.3) is 11.4 Å². The molecule has 0 bridgehead atoms. The lowest BCUT2D eigenvalue weighted by Crippen LogP contribution is -2.44. The van der Waals surface area contributed by atoms with Gasteiger partial charge in [-0.05, 0) is 25.3 Å². The van der Waals surface area contributed by atoms with Crippen LogP contribution in [0.4, 0.5) is 0 Å². The first-order valence-corrected chi connectivity index (χ1v) is 9.17. The van der Waals surface area contributed by atoms with Crippen molar-refractivity contribution in [2.45, 2.75) is 38.9 Å². The molecule has 0 spiro atoms. The van der Waals surface area contributed by atoms with Gasteiger partial charge >= 0.3 is 0 Å². The van der Waals surface area contributed by atoms with Crippen molar-refractivity contribution in [1.82, 2.24) is 20.1 Å². The van der Waals surface area contributed by atoms with Crippen molar-refractivity contribution in [1.29, 1.82) is 0 Å². The molecule has 2 aromatic rings. The maximum absolute atomic E-state index is 12.1. The smallest absolute Gasteiger partial charge is 0.231 e. The maximum atomic E-state index is 12.1. The molecule has 1 aromatic heterocycles. The Morgan fingerprint density at radius 1 is 1.24 bits per heavy atom. The van der Waals surface area contributed by atoms with Gasteiger partial charge < -0.3 is 9.88 Å². The molecule has 0 saturated carbocycles. The van der Waals surface area contributed by atoms with E-state index in [1.165, 1.54) is 18.7 Å². The highest BCUT2D eigenvalue weighted by Gasteiger charge is 2.21. The average molecular weight is 360 g/mol. The number of nitrogens with one attached hydrogen (secondary N) is 1. The van der Waals surface area contributed by atoms with Gasteiger partial charge in [0.2, 0.25) is 5.91 Å². The third-order valence-corrected chi connectivity index (χ3v) is 4.99. The van der Waals surface area contributed by atoms with Crippen LogP contribution >= 0.6 is 11.8 Å². The van der Waals surface area contributed by atoms with Crippen molar-refractivity contribution in [3.05, 3.63) is 29.8 Å². The lowest BCUT2D eigenvalue weighted by molar-refractivity contribution is -0.126. The number of benzene rings is 1. The number of aromatic nitrogens is 3. The Hall–Kier alpha value is -2.15. The van der Waals surface area contributed by atoms with E-state index in [1.807, 2.05) is 56.7 Å². The molecule has 0 saturated heterocycles. The average Bonchev–Trinajstić information content (AvgIpc) is 2.91. The number of Topliss-reactive ketones (excluding diaryl/α,β-unsaturated/α-hetero) is 1. The van der Waals surface area contributed by atoms with E-state index in [9.17, 15) is 9.59 Å². The van der Waals surface area contributed by atoms with E-state index in [1.54, 1.807) is 0 Å². The molecule has 2 rings (SSSR count). The number of aryl methyl sites for hydroxylation is 1. The van der Waals surface area contributed by atoms with Crippen LogP contribution in [0.2, 0.25) is 0 Å². The Morgan fingerprint density at radius 2 is 1.92 bits per heavy atom. The molecular formula is C18H24N4O2S. The van der Waals surface area contributed by atoms with Crippen LogP contribution in [-0.4, -0.2) is 38.2 Å². The van der Waals surface area contributed by atoms with Crippen LogP contribution in [0.15, 0.2) is 29.4 Å². The van der Waals surface area contributed by atoms with E-state index in [0.717, 1.165) is 17.0 Å². The van der Waals surface area contributed by atoms with E-state index in [4.69, 9.17) is 0 Å². The summed E-state index contributed by atoms with van der Waals surface area (Å²) in [4.78, 5) is 23.7. The van der Waals surface area contributed by atoms with Crippen LogP contribution in [0.5, 0.6) is 0 Å². The van der Waals surface area contributed by atoms with Crippen molar-refractivity contribution in [3.8, 4) is 11.4 Å². The molecule has 1 atom stereocenters. The minimum Gasteiger partial charge on any atom is -0.345 e. The largest absolute Gasteiger partial charge is 0.345 e. The summed E-state index contributed by atoms with van der Waals surface area (Å²) in [5.74, 6) is 0.808. The van der Waals surface area contributed by atoms with Gasteiger partial charge in [-0.3, -0.25) is 9.59 Å². The van der Waals surface area contributed by atoms with E-state index in [2.05, 4.69) is 15.5 Å². The second kappa shape index (κ2) is 8.29. The molecule has 0 aliphatic carbocycles. The predicted octanol–water partition coefficient (Wildman–Crippen LogP) is 2.61. The van der Waals surface area contributed by atoms with Gasteiger partial charge in [0.15, 0.2) is 16.8 Å². The predicted molar refractivity (Wildman–Crippen MR) is 99.3 cm³/mol. The fourth-order valence-corrected chi connectivity index (χ4v) is 3.30. The number of thioether (sulfide) groups is 1. The van der Waals surface area contributed by atoms with Gasteiger partial charge in [-0.1, -0.05) is 49.9 Å². The van der Waals surface area contributed by atoms with Gasteiger partial charge in [-0.25, -0.2) is 0 Å². The third-order valence-electron chi connectivity index (χ3n) is 3.97. The van der Waals surface area contributed by atoms with Crippen molar-refractivity contribution in [2.75, 3.05) is 5.75 Å². The molecule has 0 aliphatic heterocycles. The second-order valence-corrected chi connectivity index (χ2v) is 7.31. The first kappa shape index (κ1) is 19.2. The van der Waals surface area contributed by atoms with Crippen LogP contribution in [-0.2, 0) is 16.6 Å². The Balaban J connectivity index is 2.04. The SMILES string of the molecule is CC(=O)C(NC(=O)CSc1nnc(-c2ccccc2C)n1C)C(C)C. The normalized spacial score (nSPS) is 12.2. The van der Waals surface area contributed by atoms with E-state index in [-0.39, 0.29) is 23.4 Å². The van der Waals surface area contributed by atoms with Crippen LogP contribution < -0.4 is 5.32 Å². The van der Waals surface area contributed by atoms with Crippen molar-refractivity contribution in [2.24, 2.45) is 13.0 Å². The summed E-state index contributed by atoms with van der Waals surface area (Å²) in [6.07, 6.45) is 0. The fraction of sp³-hybridized carbons (Fsp3) is 0.444. The highest BCUT2D eigenvalue weighted by Crippen LogP contribution is 2.24. The topological polar surface area (TPSA) is 76.9 Å². The zero-order chi connectivity index (χ0) is 18.6.